The van der Waals surface area contributed by atoms with E-state index in [1.54, 1.807) is 24.3 Å². The average molecular weight is 390 g/mol. The van der Waals surface area contributed by atoms with Gasteiger partial charge in [-0.1, -0.05) is 45.4 Å². The summed E-state index contributed by atoms with van der Waals surface area (Å²) in [6, 6.07) is 17.5. The minimum absolute atomic E-state index is 0.0174. The molecule has 0 aliphatic carbocycles. The molecule has 3 aromatic rings. The zero-order chi connectivity index (χ0) is 19.3. The number of ether oxygens (including phenoxy) is 1. The lowest BCUT2D eigenvalue weighted by Gasteiger charge is -2.14. The van der Waals surface area contributed by atoms with E-state index in [-0.39, 0.29) is 34.3 Å². The Hall–Kier alpha value is -2.84. The first-order valence-electron chi connectivity index (χ1n) is 8.01. The number of pyridine rings is 1. The van der Waals surface area contributed by atoms with Gasteiger partial charge in [0.15, 0.2) is 5.82 Å². The Bertz CT molecular complexity index is 1010. The summed E-state index contributed by atoms with van der Waals surface area (Å²) < 4.78 is 57.4. The van der Waals surface area contributed by atoms with Crippen molar-refractivity contribution in [3.8, 4) is 0 Å². The van der Waals surface area contributed by atoms with E-state index in [1.807, 2.05) is 0 Å². The third kappa shape index (κ3) is 4.66. The number of nitrogens with zero attached hydrogens (tertiary/aromatic N) is 2. The highest BCUT2D eigenvalue weighted by atomic mass is 32.2. The molecule has 0 atom stereocenters. The molecule has 0 amide bonds. The van der Waals surface area contributed by atoms with Crippen LogP contribution in [0.15, 0.2) is 77.7 Å². The Morgan fingerprint density at radius 3 is 2.41 bits per heavy atom. The van der Waals surface area contributed by atoms with Crippen LogP contribution in [-0.2, 0) is 28.0 Å². The first-order chi connectivity index (χ1) is 13.0. The largest absolute Gasteiger partial charge is 0.370 e. The molecule has 0 aliphatic rings. The predicted molar refractivity (Wildman–Crippen MR) is 96.3 cm³/mol. The van der Waals surface area contributed by atoms with E-state index in [4.69, 9.17) is 4.74 Å². The molecule has 0 bridgehead atoms. The van der Waals surface area contributed by atoms with Gasteiger partial charge in [0.25, 0.3) is 10.0 Å². The summed E-state index contributed by atoms with van der Waals surface area (Å²) in [4.78, 5) is 3.81. The monoisotopic (exact) mass is 390 g/mol. The van der Waals surface area contributed by atoms with E-state index in [0.29, 0.717) is 11.3 Å². The minimum Gasteiger partial charge on any atom is -0.370 e. The van der Waals surface area contributed by atoms with E-state index in [2.05, 4.69) is 4.98 Å². The number of anilines is 1. The highest BCUT2D eigenvalue weighted by Crippen LogP contribution is 2.22. The molecule has 27 heavy (non-hydrogen) atoms. The van der Waals surface area contributed by atoms with Gasteiger partial charge in [0.2, 0.25) is 0 Å². The second kappa shape index (κ2) is 8.24. The van der Waals surface area contributed by atoms with Crippen molar-refractivity contribution in [2.45, 2.75) is 18.1 Å². The first kappa shape index (κ1) is 18.9. The maximum Gasteiger partial charge on any atom is 0.292 e. The molecule has 0 radical (unpaired) electrons. The lowest BCUT2D eigenvalue weighted by atomic mass is 10.2. The third-order valence-corrected chi connectivity index (χ3v) is 5.11. The molecule has 140 valence electrons. The summed E-state index contributed by atoms with van der Waals surface area (Å²) in [7, 11) is -4.36. The number of hydrogen-bond acceptors (Lipinski definition) is 4. The Morgan fingerprint density at radius 2 is 1.67 bits per heavy atom. The zero-order valence-corrected chi connectivity index (χ0v) is 14.9. The molecule has 2 aromatic carbocycles. The molecular weight excluding hydrogens is 374 g/mol. The maximum absolute atomic E-state index is 14.5. The highest BCUT2D eigenvalue weighted by molar-refractivity contribution is 7.92. The number of sulfonamides is 1. The smallest absolute Gasteiger partial charge is 0.292 e. The van der Waals surface area contributed by atoms with Gasteiger partial charge in [0, 0.05) is 0 Å². The molecule has 8 heteroatoms. The molecule has 3 rings (SSSR count). The van der Waals surface area contributed by atoms with E-state index >= 15 is 0 Å². The Morgan fingerprint density at radius 1 is 0.926 bits per heavy atom. The van der Waals surface area contributed by atoms with Crippen molar-refractivity contribution in [2.75, 3.05) is 4.53 Å². The molecule has 0 spiro atoms. The van der Waals surface area contributed by atoms with E-state index in [1.165, 1.54) is 48.5 Å². The fraction of sp³-hybridized carbons (Fsp3) is 0.105. The van der Waals surface area contributed by atoms with Gasteiger partial charge in [-0.25, -0.2) is 9.37 Å². The molecule has 1 heterocycles. The second-order valence-corrected chi connectivity index (χ2v) is 7.38. The van der Waals surface area contributed by atoms with Gasteiger partial charge < -0.3 is 4.74 Å². The molecule has 5 nitrogen and oxygen atoms in total. The normalized spacial score (nSPS) is 11.3. The van der Waals surface area contributed by atoms with Gasteiger partial charge in [-0.05, 0) is 42.0 Å². The van der Waals surface area contributed by atoms with Crippen LogP contribution in [-0.4, -0.2) is 13.4 Å². The van der Waals surface area contributed by atoms with Gasteiger partial charge in [-0.2, -0.15) is 8.42 Å². The van der Waals surface area contributed by atoms with Crippen LogP contribution in [0.25, 0.3) is 0 Å². The summed E-state index contributed by atoms with van der Waals surface area (Å²) >= 11 is 0. The number of rotatable bonds is 7. The SMILES string of the molecule is O=S(=O)(c1ccccc1)N(F)c1cccc(COCc2cccc(F)c2)n1. The number of benzene rings is 2. The minimum atomic E-state index is -4.36. The van der Waals surface area contributed by atoms with Crippen LogP contribution in [0.3, 0.4) is 0 Å². The fourth-order valence-electron chi connectivity index (χ4n) is 2.35. The van der Waals surface area contributed by atoms with Crippen LogP contribution in [0.5, 0.6) is 0 Å². The molecule has 0 unspecified atom stereocenters. The van der Waals surface area contributed by atoms with Crippen molar-refractivity contribution in [1.29, 1.82) is 0 Å². The van der Waals surface area contributed by atoms with Crippen LogP contribution >= 0.6 is 0 Å². The highest BCUT2D eigenvalue weighted by Gasteiger charge is 2.26. The quantitative estimate of drug-likeness (QED) is 0.572. The zero-order valence-electron chi connectivity index (χ0n) is 14.1. The second-order valence-electron chi connectivity index (χ2n) is 5.64. The van der Waals surface area contributed by atoms with Crippen LogP contribution in [0.4, 0.5) is 14.7 Å². The maximum atomic E-state index is 14.5. The van der Waals surface area contributed by atoms with Gasteiger partial charge in [-0.15, -0.1) is 0 Å². The summed E-state index contributed by atoms with van der Waals surface area (Å²) in [5, 5.41) is 0. The molecule has 0 aliphatic heterocycles. The van der Waals surface area contributed by atoms with Crippen LogP contribution in [0.1, 0.15) is 11.3 Å². The Balaban J connectivity index is 1.69. The molecular formula is C19H16F2N2O3S. The van der Waals surface area contributed by atoms with Crippen molar-refractivity contribution in [1.82, 2.24) is 4.98 Å². The number of hydrogen-bond donors (Lipinski definition) is 0. The molecule has 0 fully saturated rings. The molecule has 0 saturated heterocycles. The van der Waals surface area contributed by atoms with E-state index < -0.39 is 10.0 Å². The van der Waals surface area contributed by atoms with Crippen LogP contribution < -0.4 is 4.53 Å². The van der Waals surface area contributed by atoms with Crippen molar-refractivity contribution in [2.24, 2.45) is 0 Å². The van der Waals surface area contributed by atoms with Gasteiger partial charge >= 0.3 is 0 Å². The lowest BCUT2D eigenvalue weighted by molar-refractivity contribution is 0.104. The van der Waals surface area contributed by atoms with E-state index in [9.17, 15) is 17.3 Å². The Labute approximate surface area is 155 Å². The average Bonchev–Trinajstić information content (AvgIpc) is 2.68. The lowest BCUT2D eigenvalue weighted by Crippen LogP contribution is -2.23. The molecule has 0 N–H and O–H groups in total. The van der Waals surface area contributed by atoms with Gasteiger partial charge in [-0.3, -0.25) is 0 Å². The van der Waals surface area contributed by atoms with Crippen molar-refractivity contribution < 1.29 is 22.0 Å². The van der Waals surface area contributed by atoms with E-state index in [0.717, 1.165) is 0 Å². The molecule has 1 aromatic heterocycles. The van der Waals surface area contributed by atoms with Crippen molar-refractivity contribution in [3.63, 3.8) is 0 Å². The standard InChI is InChI=1S/C19H16F2N2O3S/c20-16-7-4-6-15(12-16)13-26-14-17-8-5-11-19(22-17)23(21)27(24,25)18-9-2-1-3-10-18/h1-12H,13-14H2. The summed E-state index contributed by atoms with van der Waals surface area (Å²) in [5.41, 5.74) is 0.986. The van der Waals surface area contributed by atoms with Gasteiger partial charge in [0.05, 0.1) is 23.8 Å². The fourth-order valence-corrected chi connectivity index (χ4v) is 3.39. The first-order valence-corrected chi connectivity index (χ1v) is 9.45. The van der Waals surface area contributed by atoms with Crippen molar-refractivity contribution in [3.05, 3.63) is 89.9 Å². The summed E-state index contributed by atoms with van der Waals surface area (Å²) in [5.74, 6) is -0.735. The van der Waals surface area contributed by atoms with Crippen LogP contribution in [0, 0.1) is 5.82 Å². The Kier molecular flexibility index (Phi) is 5.78. The van der Waals surface area contributed by atoms with Crippen LogP contribution in [0.2, 0.25) is 0 Å². The topological polar surface area (TPSA) is 59.5 Å². The van der Waals surface area contributed by atoms with Gasteiger partial charge in [0.1, 0.15) is 5.82 Å². The summed E-state index contributed by atoms with van der Waals surface area (Å²) in [6.45, 7) is 0.162. The predicted octanol–water partition coefficient (Wildman–Crippen LogP) is 4.02. The summed E-state index contributed by atoms with van der Waals surface area (Å²) in [6.07, 6.45) is 0. The number of aromatic nitrogens is 1. The number of halogens is 2. The van der Waals surface area contributed by atoms with Crippen molar-refractivity contribution >= 4 is 15.8 Å². The molecule has 0 saturated carbocycles. The third-order valence-electron chi connectivity index (χ3n) is 3.63.